The van der Waals surface area contributed by atoms with E-state index in [1.807, 2.05) is 0 Å². The van der Waals surface area contributed by atoms with E-state index in [0.717, 1.165) is 32.8 Å². The number of halogens is 2. The number of amides is 1. The molecule has 1 aromatic rings. The van der Waals surface area contributed by atoms with Crippen molar-refractivity contribution in [1.82, 2.24) is 10.2 Å². The van der Waals surface area contributed by atoms with Gasteiger partial charge in [-0.15, -0.1) is 0 Å². The Labute approximate surface area is 128 Å². The molecule has 4 nitrogen and oxygen atoms in total. The molecular formula is C15H18ClFN2O2. The van der Waals surface area contributed by atoms with Gasteiger partial charge in [-0.3, -0.25) is 9.69 Å². The van der Waals surface area contributed by atoms with Gasteiger partial charge >= 0.3 is 0 Å². The van der Waals surface area contributed by atoms with Crippen LogP contribution in [0.5, 0.6) is 0 Å². The molecule has 0 aromatic heterocycles. The number of rotatable bonds is 5. The second-order valence-electron chi connectivity index (χ2n) is 4.71. The van der Waals surface area contributed by atoms with Crippen LogP contribution in [0.3, 0.4) is 0 Å². The fourth-order valence-corrected chi connectivity index (χ4v) is 2.28. The van der Waals surface area contributed by atoms with Crippen molar-refractivity contribution < 1.29 is 13.9 Å². The van der Waals surface area contributed by atoms with E-state index in [2.05, 4.69) is 10.2 Å². The molecule has 1 fully saturated rings. The van der Waals surface area contributed by atoms with Crippen molar-refractivity contribution in [3.8, 4) is 0 Å². The van der Waals surface area contributed by atoms with Crippen LogP contribution in [0.15, 0.2) is 24.3 Å². The average molecular weight is 313 g/mol. The summed E-state index contributed by atoms with van der Waals surface area (Å²) in [5, 5.41) is 3.05. The van der Waals surface area contributed by atoms with E-state index in [-0.39, 0.29) is 16.5 Å². The van der Waals surface area contributed by atoms with E-state index in [1.54, 1.807) is 6.07 Å². The summed E-state index contributed by atoms with van der Waals surface area (Å²) in [6, 6.07) is 4.42. The molecule has 1 heterocycles. The molecule has 0 saturated carbocycles. The molecule has 1 amide bonds. The van der Waals surface area contributed by atoms with Crippen LogP contribution in [0.25, 0.3) is 6.08 Å². The third-order valence-electron chi connectivity index (χ3n) is 3.23. The largest absolute Gasteiger partial charge is 0.379 e. The summed E-state index contributed by atoms with van der Waals surface area (Å²) in [5.74, 6) is -0.706. The molecule has 0 atom stereocenters. The van der Waals surface area contributed by atoms with E-state index in [1.165, 1.54) is 24.3 Å². The first-order chi connectivity index (χ1) is 10.2. The topological polar surface area (TPSA) is 41.6 Å². The Morgan fingerprint density at radius 2 is 2.19 bits per heavy atom. The molecule has 2 rings (SSSR count). The van der Waals surface area contributed by atoms with Crippen LogP contribution in [-0.4, -0.2) is 50.2 Å². The second-order valence-corrected chi connectivity index (χ2v) is 5.12. The van der Waals surface area contributed by atoms with E-state index >= 15 is 0 Å². The Morgan fingerprint density at radius 3 is 2.90 bits per heavy atom. The third-order valence-corrected chi connectivity index (χ3v) is 3.56. The Morgan fingerprint density at radius 1 is 1.43 bits per heavy atom. The summed E-state index contributed by atoms with van der Waals surface area (Å²) in [5.41, 5.74) is 0.225. The lowest BCUT2D eigenvalue weighted by molar-refractivity contribution is -0.116. The number of carbonyl (C=O) groups is 1. The molecule has 1 aromatic carbocycles. The van der Waals surface area contributed by atoms with Crippen LogP contribution < -0.4 is 5.32 Å². The van der Waals surface area contributed by atoms with Crippen molar-refractivity contribution in [3.63, 3.8) is 0 Å². The number of nitrogens with zero attached hydrogens (tertiary/aromatic N) is 1. The number of hydrogen-bond acceptors (Lipinski definition) is 3. The van der Waals surface area contributed by atoms with Gasteiger partial charge in [-0.05, 0) is 18.2 Å². The minimum absolute atomic E-state index is 0.225. The number of ether oxygens (including phenoxy) is 1. The van der Waals surface area contributed by atoms with E-state index in [0.29, 0.717) is 6.54 Å². The zero-order valence-electron chi connectivity index (χ0n) is 11.6. The number of benzene rings is 1. The first kappa shape index (κ1) is 15.9. The molecule has 1 aliphatic rings. The first-order valence-electron chi connectivity index (χ1n) is 6.87. The normalized spacial score (nSPS) is 16.3. The number of nitrogens with one attached hydrogen (secondary N) is 1. The van der Waals surface area contributed by atoms with Crippen LogP contribution in [-0.2, 0) is 9.53 Å². The van der Waals surface area contributed by atoms with Gasteiger partial charge in [0.15, 0.2) is 0 Å². The fraction of sp³-hybridized carbons (Fsp3) is 0.400. The van der Waals surface area contributed by atoms with Crippen LogP contribution >= 0.6 is 11.6 Å². The highest BCUT2D eigenvalue weighted by Crippen LogP contribution is 2.20. The fourth-order valence-electron chi connectivity index (χ4n) is 2.05. The maximum absolute atomic E-state index is 13.5. The Balaban J connectivity index is 1.77. The molecule has 1 N–H and O–H groups in total. The van der Waals surface area contributed by atoms with Crippen molar-refractivity contribution in [2.24, 2.45) is 0 Å². The number of hydrogen-bond donors (Lipinski definition) is 1. The second kappa shape index (κ2) is 8.12. The van der Waals surface area contributed by atoms with Crippen LogP contribution in [0.4, 0.5) is 4.39 Å². The third kappa shape index (κ3) is 5.12. The molecular weight excluding hydrogens is 295 g/mol. The lowest BCUT2D eigenvalue weighted by atomic mass is 10.2. The van der Waals surface area contributed by atoms with Crippen LogP contribution in [0, 0.1) is 5.82 Å². The highest BCUT2D eigenvalue weighted by atomic mass is 35.5. The molecule has 0 spiro atoms. The van der Waals surface area contributed by atoms with E-state index < -0.39 is 5.82 Å². The quantitative estimate of drug-likeness (QED) is 0.845. The minimum Gasteiger partial charge on any atom is -0.379 e. The Hall–Kier alpha value is -1.43. The van der Waals surface area contributed by atoms with E-state index in [4.69, 9.17) is 16.3 Å². The zero-order chi connectivity index (χ0) is 15.1. The first-order valence-corrected chi connectivity index (χ1v) is 7.24. The highest BCUT2D eigenvalue weighted by molar-refractivity contribution is 6.32. The van der Waals surface area contributed by atoms with Crippen molar-refractivity contribution in [1.29, 1.82) is 0 Å². The molecule has 0 aliphatic carbocycles. The van der Waals surface area contributed by atoms with Crippen molar-refractivity contribution in [3.05, 3.63) is 40.7 Å². The number of carbonyl (C=O) groups excluding carboxylic acids is 1. The predicted octanol–water partition coefficient (Wildman–Crippen LogP) is 1.94. The standard InChI is InChI=1S/C15H18ClFN2O2/c16-13-2-1-3-14(17)12(13)4-5-15(20)18-6-7-19-8-10-21-11-9-19/h1-5H,6-11H2,(H,18,20)/b5-4+. The van der Waals surface area contributed by atoms with E-state index in [9.17, 15) is 9.18 Å². The van der Waals surface area contributed by atoms with Gasteiger partial charge in [-0.25, -0.2) is 4.39 Å². The van der Waals surface area contributed by atoms with Crippen LogP contribution in [0.2, 0.25) is 5.02 Å². The summed E-state index contributed by atoms with van der Waals surface area (Å²) in [4.78, 5) is 13.9. The Kier molecular flexibility index (Phi) is 6.17. The summed E-state index contributed by atoms with van der Waals surface area (Å²) in [6.07, 6.45) is 2.69. The van der Waals surface area contributed by atoms with Gasteiger partial charge in [0.2, 0.25) is 5.91 Å². The molecule has 1 aliphatic heterocycles. The SMILES string of the molecule is O=C(/C=C/c1c(F)cccc1Cl)NCCN1CCOCC1. The van der Waals surface area contributed by atoms with Crippen molar-refractivity contribution in [2.75, 3.05) is 39.4 Å². The van der Waals surface area contributed by atoms with Crippen molar-refractivity contribution >= 4 is 23.6 Å². The maximum Gasteiger partial charge on any atom is 0.244 e. The van der Waals surface area contributed by atoms with Gasteiger partial charge in [0, 0.05) is 37.8 Å². The summed E-state index contributed by atoms with van der Waals surface area (Å²) >= 11 is 5.88. The smallest absolute Gasteiger partial charge is 0.244 e. The lowest BCUT2D eigenvalue weighted by Gasteiger charge is -2.26. The monoisotopic (exact) mass is 312 g/mol. The van der Waals surface area contributed by atoms with Gasteiger partial charge in [0.25, 0.3) is 0 Å². The maximum atomic E-state index is 13.5. The lowest BCUT2D eigenvalue weighted by Crippen LogP contribution is -2.41. The van der Waals surface area contributed by atoms with Gasteiger partial charge in [-0.1, -0.05) is 17.7 Å². The molecule has 1 saturated heterocycles. The predicted molar refractivity (Wildman–Crippen MR) is 80.7 cm³/mol. The molecule has 6 heteroatoms. The summed E-state index contributed by atoms with van der Waals surface area (Å²) < 4.78 is 18.8. The summed E-state index contributed by atoms with van der Waals surface area (Å²) in [7, 11) is 0. The zero-order valence-corrected chi connectivity index (χ0v) is 12.4. The number of morpholine rings is 1. The van der Waals surface area contributed by atoms with Gasteiger partial charge in [-0.2, -0.15) is 0 Å². The van der Waals surface area contributed by atoms with Crippen LogP contribution in [0.1, 0.15) is 5.56 Å². The average Bonchev–Trinajstić information content (AvgIpc) is 2.48. The van der Waals surface area contributed by atoms with Gasteiger partial charge in [0.05, 0.1) is 18.2 Å². The summed E-state index contributed by atoms with van der Waals surface area (Å²) in [6.45, 7) is 4.57. The molecule has 0 radical (unpaired) electrons. The molecule has 114 valence electrons. The molecule has 0 unspecified atom stereocenters. The molecule has 21 heavy (non-hydrogen) atoms. The van der Waals surface area contributed by atoms with Crippen molar-refractivity contribution in [2.45, 2.75) is 0 Å². The van der Waals surface area contributed by atoms with Gasteiger partial charge in [0.1, 0.15) is 5.82 Å². The van der Waals surface area contributed by atoms with Gasteiger partial charge < -0.3 is 10.1 Å². The highest BCUT2D eigenvalue weighted by Gasteiger charge is 2.09. The Bertz CT molecular complexity index is 496. The minimum atomic E-state index is -0.445. The molecule has 0 bridgehead atoms.